The van der Waals surface area contributed by atoms with Gasteiger partial charge in [-0.25, -0.2) is 4.68 Å². The van der Waals surface area contributed by atoms with Crippen molar-refractivity contribution < 1.29 is 31.1 Å². The van der Waals surface area contributed by atoms with Gasteiger partial charge in [0.1, 0.15) is 5.82 Å². The van der Waals surface area contributed by atoms with Gasteiger partial charge in [-0.05, 0) is 50.2 Å². The number of aryl methyl sites for hydroxylation is 1. The normalized spacial score (nSPS) is 15.0. The molecule has 1 aliphatic rings. The molecule has 1 aromatic heterocycles. The minimum atomic E-state index is -5.05. The van der Waals surface area contributed by atoms with Gasteiger partial charge in [0.25, 0.3) is 5.91 Å². The molecule has 6 nitrogen and oxygen atoms in total. The minimum absolute atomic E-state index is 0.0308. The number of piperazine rings is 1. The Kier molecular flexibility index (Phi) is 8.72. The molecule has 2 aromatic carbocycles. The number of likely N-dealkylation sites (N-methyl/N-ethyl adjacent to an activating group) is 1. The highest BCUT2D eigenvalue weighted by atomic mass is 19.4. The number of benzene rings is 2. The molecule has 12 heteroatoms. The van der Waals surface area contributed by atoms with Crippen LogP contribution in [0.25, 0.3) is 5.69 Å². The van der Waals surface area contributed by atoms with Gasteiger partial charge in [-0.1, -0.05) is 32.0 Å². The molecule has 0 spiro atoms. The van der Waals surface area contributed by atoms with Crippen LogP contribution in [0.2, 0.25) is 0 Å². The highest BCUT2D eigenvalue weighted by Crippen LogP contribution is 2.37. The van der Waals surface area contributed by atoms with Crippen LogP contribution in [0, 0.1) is 12.8 Å². The Hall–Kier alpha value is -3.54. The highest BCUT2D eigenvalue weighted by molar-refractivity contribution is 5.95. The monoisotopic (exact) mass is 581 g/mol. The summed E-state index contributed by atoms with van der Waals surface area (Å²) in [5.74, 6) is -0.265. The lowest BCUT2D eigenvalue weighted by molar-refractivity contribution is -0.143. The maximum atomic E-state index is 13.7. The van der Waals surface area contributed by atoms with Gasteiger partial charge in [-0.3, -0.25) is 4.79 Å². The Labute approximate surface area is 235 Å². The van der Waals surface area contributed by atoms with Crippen molar-refractivity contribution in [3.05, 3.63) is 76.5 Å². The largest absolute Gasteiger partial charge is 0.416 e. The summed E-state index contributed by atoms with van der Waals surface area (Å²) in [5, 5.41) is 4.76. The molecule has 2 heterocycles. The van der Waals surface area contributed by atoms with E-state index in [1.807, 2.05) is 51.2 Å². The Balaban J connectivity index is 1.80. The van der Waals surface area contributed by atoms with Crippen LogP contribution < -0.4 is 4.90 Å². The van der Waals surface area contributed by atoms with Gasteiger partial charge in [0.15, 0.2) is 0 Å². The van der Waals surface area contributed by atoms with Gasteiger partial charge < -0.3 is 14.7 Å². The molecule has 1 amide bonds. The Morgan fingerprint density at radius 3 is 2.00 bits per heavy atom. The number of amides is 1. The van der Waals surface area contributed by atoms with Crippen molar-refractivity contribution in [3.8, 4) is 5.69 Å². The van der Waals surface area contributed by atoms with Crippen molar-refractivity contribution in [1.29, 1.82) is 0 Å². The van der Waals surface area contributed by atoms with E-state index in [0.29, 0.717) is 36.5 Å². The summed E-state index contributed by atoms with van der Waals surface area (Å²) in [4.78, 5) is 19.4. The second kappa shape index (κ2) is 11.8. The van der Waals surface area contributed by atoms with E-state index in [4.69, 9.17) is 5.10 Å². The molecular weight excluding hydrogens is 548 g/mol. The Morgan fingerprint density at radius 2 is 1.49 bits per heavy atom. The van der Waals surface area contributed by atoms with Crippen LogP contribution in [0.15, 0.2) is 48.5 Å². The summed E-state index contributed by atoms with van der Waals surface area (Å²) in [5.41, 5.74) is -1.61. The fraction of sp³-hybridized carbons (Fsp3) is 0.448. The van der Waals surface area contributed by atoms with Crippen LogP contribution in [-0.4, -0.2) is 65.3 Å². The van der Waals surface area contributed by atoms with Gasteiger partial charge in [0.05, 0.1) is 29.1 Å². The van der Waals surface area contributed by atoms with E-state index in [1.165, 1.54) is 4.90 Å². The van der Waals surface area contributed by atoms with Gasteiger partial charge >= 0.3 is 12.4 Å². The smallest absolute Gasteiger partial charge is 0.354 e. The molecule has 0 unspecified atom stereocenters. The Morgan fingerprint density at radius 1 is 0.927 bits per heavy atom. The van der Waals surface area contributed by atoms with Crippen LogP contribution in [-0.2, 0) is 18.9 Å². The average Bonchev–Trinajstić information content (AvgIpc) is 3.23. The summed E-state index contributed by atoms with van der Waals surface area (Å²) < 4.78 is 83.1. The number of halogens is 6. The minimum Gasteiger partial charge on any atom is -0.354 e. The van der Waals surface area contributed by atoms with Crippen LogP contribution in [0.3, 0.4) is 0 Å². The van der Waals surface area contributed by atoms with Crippen LogP contribution in [0.1, 0.15) is 46.6 Å². The van der Waals surface area contributed by atoms with Crippen molar-refractivity contribution in [2.24, 2.45) is 5.92 Å². The number of carbonyl (C=O) groups excluding carboxylic acids is 1. The van der Waals surface area contributed by atoms with Crippen molar-refractivity contribution in [2.75, 3.05) is 44.7 Å². The van der Waals surface area contributed by atoms with Gasteiger partial charge in [0.2, 0.25) is 0 Å². The van der Waals surface area contributed by atoms with Crippen LogP contribution >= 0.6 is 0 Å². The number of alkyl halides is 6. The van der Waals surface area contributed by atoms with E-state index in [0.717, 1.165) is 24.6 Å². The molecule has 0 radical (unpaired) electrons. The first kappa shape index (κ1) is 30.4. The molecule has 0 bridgehead atoms. The summed E-state index contributed by atoms with van der Waals surface area (Å²) in [6, 6.07) is 10.4. The number of nitrogens with zero attached hydrogens (tertiary/aromatic N) is 5. The lowest BCUT2D eigenvalue weighted by Gasteiger charge is -2.35. The summed E-state index contributed by atoms with van der Waals surface area (Å²) >= 11 is 0. The van der Waals surface area contributed by atoms with Crippen molar-refractivity contribution in [3.63, 3.8) is 0 Å². The molecule has 222 valence electrons. The van der Waals surface area contributed by atoms with E-state index >= 15 is 0 Å². The second-order valence-electron chi connectivity index (χ2n) is 10.8. The van der Waals surface area contributed by atoms with E-state index in [1.54, 1.807) is 11.6 Å². The Bertz CT molecular complexity index is 1330. The van der Waals surface area contributed by atoms with Gasteiger partial charge in [0, 0.05) is 43.9 Å². The summed E-state index contributed by atoms with van der Waals surface area (Å²) in [7, 11) is 2.02. The fourth-order valence-corrected chi connectivity index (χ4v) is 4.94. The number of carbonyl (C=O) groups is 1. The molecule has 0 saturated carbocycles. The second-order valence-corrected chi connectivity index (χ2v) is 10.8. The lowest BCUT2D eigenvalue weighted by atomic mass is 10.0. The third-order valence-corrected chi connectivity index (χ3v) is 7.02. The highest BCUT2D eigenvalue weighted by Gasteiger charge is 2.38. The maximum Gasteiger partial charge on any atom is 0.416 e. The number of para-hydroxylation sites is 1. The van der Waals surface area contributed by atoms with Crippen molar-refractivity contribution in [1.82, 2.24) is 19.6 Å². The zero-order valence-corrected chi connectivity index (χ0v) is 23.4. The van der Waals surface area contributed by atoms with E-state index in [2.05, 4.69) is 9.80 Å². The van der Waals surface area contributed by atoms with Gasteiger partial charge in [-0.15, -0.1) is 0 Å². The first-order valence-electron chi connectivity index (χ1n) is 13.3. The molecule has 0 atom stereocenters. The molecule has 3 aromatic rings. The number of hydrogen-bond acceptors (Lipinski definition) is 4. The van der Waals surface area contributed by atoms with Crippen molar-refractivity contribution >= 4 is 11.7 Å². The quantitative estimate of drug-likeness (QED) is 0.309. The third-order valence-electron chi connectivity index (χ3n) is 7.02. The first-order valence-corrected chi connectivity index (χ1v) is 13.3. The standard InChI is InChI=1S/C29H33F6N5O/c1-19(2)17-39(27(41)21-14-22(28(30,31)32)16-23(15-21)29(33,34)35)18-25-20(3)36-40(24-8-6-5-7-9-24)26(25)38-12-10-37(4)11-13-38/h5-9,14-16,19H,10-13,17-18H2,1-4H3. The van der Waals surface area contributed by atoms with Crippen LogP contribution in [0.5, 0.6) is 0 Å². The SMILES string of the molecule is Cc1nn(-c2ccccc2)c(N2CCN(C)CC2)c1CN(CC(C)C)C(=O)c1cc(C(F)(F)F)cc(C(F)(F)F)c1. The van der Waals surface area contributed by atoms with Crippen LogP contribution in [0.4, 0.5) is 32.2 Å². The number of rotatable bonds is 7. The molecule has 1 fully saturated rings. The third kappa shape index (κ3) is 7.03. The maximum absolute atomic E-state index is 13.7. The zero-order valence-electron chi connectivity index (χ0n) is 23.4. The fourth-order valence-electron chi connectivity index (χ4n) is 4.94. The van der Waals surface area contributed by atoms with E-state index in [9.17, 15) is 31.1 Å². The van der Waals surface area contributed by atoms with Crippen molar-refractivity contribution in [2.45, 2.75) is 39.7 Å². The average molecular weight is 582 g/mol. The number of anilines is 1. The first-order chi connectivity index (χ1) is 19.1. The van der Waals surface area contributed by atoms with E-state index < -0.39 is 35.0 Å². The van der Waals surface area contributed by atoms with E-state index in [-0.39, 0.29) is 25.1 Å². The predicted molar refractivity (Wildman–Crippen MR) is 144 cm³/mol. The predicted octanol–water partition coefficient (Wildman–Crippen LogP) is 6.27. The topological polar surface area (TPSA) is 44.6 Å². The zero-order chi connectivity index (χ0) is 30.1. The summed E-state index contributed by atoms with van der Waals surface area (Å²) in [6.45, 7) is 8.48. The number of hydrogen-bond donors (Lipinski definition) is 0. The summed E-state index contributed by atoms with van der Waals surface area (Å²) in [6.07, 6.45) is -10.1. The molecule has 4 rings (SSSR count). The molecule has 1 aliphatic heterocycles. The molecule has 1 saturated heterocycles. The molecule has 41 heavy (non-hydrogen) atoms. The number of aromatic nitrogens is 2. The lowest BCUT2D eigenvalue weighted by Crippen LogP contribution is -2.45. The van der Waals surface area contributed by atoms with Gasteiger partial charge in [-0.2, -0.15) is 31.4 Å². The molecular formula is C29H33F6N5O. The molecule has 0 aliphatic carbocycles. The molecule has 0 N–H and O–H groups in total.